The van der Waals surface area contributed by atoms with Gasteiger partial charge in [0.2, 0.25) is 0 Å². The Kier molecular flexibility index (Phi) is 6.36. The Morgan fingerprint density at radius 2 is 2.12 bits per heavy atom. The van der Waals surface area contributed by atoms with Crippen molar-refractivity contribution in [3.05, 3.63) is 0 Å². The zero-order valence-electron chi connectivity index (χ0n) is 4.20. The normalized spacial score (nSPS) is 10.2. The molecule has 0 aliphatic rings. The fourth-order valence-corrected chi connectivity index (χ4v) is 0.854. The molecule has 5 heteroatoms. The van der Waals surface area contributed by atoms with Crippen molar-refractivity contribution in [2.75, 3.05) is 13.2 Å². The van der Waals surface area contributed by atoms with E-state index >= 15 is 0 Å². The quantitative estimate of drug-likeness (QED) is 0.470. The molecular formula is C3H7O2S3-. The lowest BCUT2D eigenvalue weighted by Gasteiger charge is -2.03. The Morgan fingerprint density at radius 1 is 1.50 bits per heavy atom. The fraction of sp³-hybridized carbons (Fsp3) is 1.00. The summed E-state index contributed by atoms with van der Waals surface area (Å²) >= 11 is 9.06. The van der Waals surface area contributed by atoms with Crippen LogP contribution in [0.2, 0.25) is 0 Å². The van der Waals surface area contributed by atoms with Crippen molar-refractivity contribution in [3.63, 3.8) is 0 Å². The highest BCUT2D eigenvalue weighted by atomic mass is 33.1. The van der Waals surface area contributed by atoms with Gasteiger partial charge in [-0.3, -0.25) is 0 Å². The molecule has 0 saturated heterocycles. The SMILES string of the molecule is OCCCO[S-](=S)=S. The molecule has 0 aliphatic carbocycles. The van der Waals surface area contributed by atoms with Crippen LogP contribution in [0.3, 0.4) is 0 Å². The molecule has 0 heterocycles. The molecule has 0 aromatic heterocycles. The van der Waals surface area contributed by atoms with Crippen molar-refractivity contribution in [1.82, 2.24) is 0 Å². The van der Waals surface area contributed by atoms with E-state index in [1.54, 1.807) is 0 Å². The number of hydrogen-bond acceptors (Lipinski definition) is 5. The fourth-order valence-electron chi connectivity index (χ4n) is 0.192. The zero-order valence-corrected chi connectivity index (χ0v) is 6.65. The van der Waals surface area contributed by atoms with E-state index in [0.717, 1.165) is 0 Å². The summed E-state index contributed by atoms with van der Waals surface area (Å²) in [6, 6.07) is 0. The second-order valence-corrected chi connectivity index (χ2v) is 4.20. The molecule has 50 valence electrons. The van der Waals surface area contributed by atoms with Crippen LogP contribution in [0.25, 0.3) is 0 Å². The van der Waals surface area contributed by atoms with E-state index in [9.17, 15) is 0 Å². The van der Waals surface area contributed by atoms with Crippen LogP contribution in [-0.4, -0.2) is 18.3 Å². The average Bonchev–Trinajstić information content (AvgIpc) is 1.66. The predicted octanol–water partition coefficient (Wildman–Crippen LogP) is -0.157. The summed E-state index contributed by atoms with van der Waals surface area (Å²) in [7, 11) is -0.761. The van der Waals surface area contributed by atoms with Crippen molar-refractivity contribution >= 4 is 30.7 Å². The lowest BCUT2D eigenvalue weighted by Crippen LogP contribution is -1.93. The lowest BCUT2D eigenvalue weighted by atomic mass is 10.5. The van der Waals surface area contributed by atoms with Crippen molar-refractivity contribution in [3.8, 4) is 0 Å². The lowest BCUT2D eigenvalue weighted by molar-refractivity contribution is 0.250. The summed E-state index contributed by atoms with van der Waals surface area (Å²) in [6.45, 7) is 0.620. The monoisotopic (exact) mass is 171 g/mol. The standard InChI is InChI=1S/C3H7O2S3/c4-2-1-3-5-8(6)7/h4H,1-3H2/q-1. The van der Waals surface area contributed by atoms with Crippen LogP contribution in [-0.2, 0) is 34.9 Å². The maximum absolute atomic E-state index is 8.23. The van der Waals surface area contributed by atoms with Crippen molar-refractivity contribution < 1.29 is 9.29 Å². The third-order valence-electron chi connectivity index (χ3n) is 0.482. The Morgan fingerprint density at radius 3 is 2.50 bits per heavy atom. The topological polar surface area (TPSA) is 29.5 Å². The van der Waals surface area contributed by atoms with Crippen LogP contribution in [0.5, 0.6) is 0 Å². The van der Waals surface area contributed by atoms with Crippen LogP contribution in [0.1, 0.15) is 6.42 Å². The van der Waals surface area contributed by atoms with Gasteiger partial charge in [-0.2, -0.15) is 0 Å². The summed E-state index contributed by atoms with van der Waals surface area (Å²) < 4.78 is 4.78. The van der Waals surface area contributed by atoms with Crippen LogP contribution in [0.4, 0.5) is 0 Å². The Labute approximate surface area is 59.9 Å². The van der Waals surface area contributed by atoms with Gasteiger partial charge in [0.1, 0.15) is 0 Å². The first-order valence-corrected chi connectivity index (χ1v) is 5.10. The maximum Gasteiger partial charge on any atom is 0.0452 e. The number of hydrogen-bond donors (Lipinski definition) is 1. The highest BCUT2D eigenvalue weighted by Crippen LogP contribution is 1.79. The van der Waals surface area contributed by atoms with Crippen molar-refractivity contribution in [2.45, 2.75) is 6.42 Å². The molecule has 0 radical (unpaired) electrons. The van der Waals surface area contributed by atoms with E-state index in [0.29, 0.717) is 13.0 Å². The smallest absolute Gasteiger partial charge is 0.0452 e. The first-order valence-electron chi connectivity index (χ1n) is 2.10. The van der Waals surface area contributed by atoms with E-state index in [2.05, 4.69) is 22.4 Å². The third-order valence-corrected chi connectivity index (χ3v) is 1.42. The van der Waals surface area contributed by atoms with E-state index < -0.39 is 8.29 Å². The van der Waals surface area contributed by atoms with Crippen LogP contribution < -0.4 is 0 Å². The molecular weight excluding hydrogens is 164 g/mol. The third kappa shape index (κ3) is 6.71. The molecule has 0 aromatic rings. The van der Waals surface area contributed by atoms with Gasteiger partial charge in [0.15, 0.2) is 0 Å². The van der Waals surface area contributed by atoms with Crippen LogP contribution in [0.15, 0.2) is 0 Å². The summed E-state index contributed by atoms with van der Waals surface area (Å²) in [4.78, 5) is 0. The summed E-state index contributed by atoms with van der Waals surface area (Å²) in [5.74, 6) is 0. The Bertz CT molecular complexity index is 101. The molecule has 0 amide bonds. The van der Waals surface area contributed by atoms with Gasteiger partial charge in [-0.1, -0.05) is 0 Å². The maximum atomic E-state index is 8.23. The largest absolute Gasteiger partial charge is 0.467 e. The Balaban J connectivity index is 2.94. The highest BCUT2D eigenvalue weighted by molar-refractivity contribution is 8.44. The van der Waals surface area contributed by atoms with E-state index in [1.165, 1.54) is 0 Å². The molecule has 0 aromatic carbocycles. The molecule has 0 bridgehead atoms. The van der Waals surface area contributed by atoms with Crippen molar-refractivity contribution in [1.29, 1.82) is 0 Å². The molecule has 0 saturated carbocycles. The first kappa shape index (κ1) is 8.71. The van der Waals surface area contributed by atoms with E-state index in [4.69, 9.17) is 9.29 Å². The molecule has 2 nitrogen and oxygen atoms in total. The highest BCUT2D eigenvalue weighted by Gasteiger charge is 1.75. The molecule has 0 atom stereocenters. The second-order valence-electron chi connectivity index (χ2n) is 1.10. The van der Waals surface area contributed by atoms with Gasteiger partial charge in [-0.05, 0) is 6.42 Å². The Hall–Kier alpha value is 0.710. The summed E-state index contributed by atoms with van der Waals surface area (Å²) in [5.41, 5.74) is 0. The minimum atomic E-state index is -0.761. The number of aliphatic hydroxyl groups excluding tert-OH is 1. The van der Waals surface area contributed by atoms with E-state index in [1.807, 2.05) is 0 Å². The van der Waals surface area contributed by atoms with Gasteiger partial charge < -0.3 is 9.29 Å². The van der Waals surface area contributed by atoms with Crippen LogP contribution in [0, 0.1) is 0 Å². The molecule has 0 rings (SSSR count). The molecule has 0 unspecified atom stereocenters. The molecule has 0 aliphatic heterocycles. The number of rotatable bonds is 4. The van der Waals surface area contributed by atoms with E-state index in [-0.39, 0.29) is 6.61 Å². The summed E-state index contributed by atoms with van der Waals surface area (Å²) in [5, 5.41) is 8.23. The van der Waals surface area contributed by atoms with Crippen molar-refractivity contribution in [2.24, 2.45) is 0 Å². The molecule has 8 heavy (non-hydrogen) atoms. The first-order chi connectivity index (χ1) is 3.77. The second kappa shape index (κ2) is 5.84. The van der Waals surface area contributed by atoms with Gasteiger partial charge in [-0.25, -0.2) is 30.7 Å². The van der Waals surface area contributed by atoms with Gasteiger partial charge >= 0.3 is 0 Å². The van der Waals surface area contributed by atoms with Gasteiger partial charge in [-0.15, -0.1) is 0 Å². The van der Waals surface area contributed by atoms with Gasteiger partial charge in [0.25, 0.3) is 0 Å². The average molecular weight is 171 g/mol. The zero-order chi connectivity index (χ0) is 6.41. The number of aliphatic hydroxyl groups is 1. The van der Waals surface area contributed by atoms with Gasteiger partial charge in [0.05, 0.1) is 0 Å². The molecule has 0 spiro atoms. The molecule has 1 N–H and O–H groups in total. The van der Waals surface area contributed by atoms with Crippen LogP contribution >= 0.6 is 0 Å². The minimum absolute atomic E-state index is 0.141. The summed E-state index contributed by atoms with van der Waals surface area (Å²) in [6.07, 6.45) is 0.622. The van der Waals surface area contributed by atoms with Gasteiger partial charge in [0, 0.05) is 13.2 Å². The predicted molar refractivity (Wildman–Crippen MR) is 39.7 cm³/mol. The minimum Gasteiger partial charge on any atom is -0.467 e. The molecule has 0 fully saturated rings.